The summed E-state index contributed by atoms with van der Waals surface area (Å²) in [5.74, 6) is -0.0196. The van der Waals surface area contributed by atoms with Crippen LogP contribution in [0, 0.1) is 0 Å². The lowest BCUT2D eigenvalue weighted by Gasteiger charge is -2.12. The number of hydrazone groups is 1. The highest BCUT2D eigenvalue weighted by molar-refractivity contribution is 6.04. The third-order valence-electron chi connectivity index (χ3n) is 3.08. The Kier molecular flexibility index (Phi) is 3.06. The first-order valence-corrected chi connectivity index (χ1v) is 6.20. The molecule has 0 saturated heterocycles. The summed E-state index contributed by atoms with van der Waals surface area (Å²) in [6.45, 7) is 0. The Morgan fingerprint density at radius 1 is 0.947 bits per heavy atom. The van der Waals surface area contributed by atoms with Crippen LogP contribution < -0.4 is 5.43 Å². The average molecular weight is 251 g/mol. The Hall–Kier alpha value is -2.49. The minimum atomic E-state index is -0.0196. The molecule has 0 saturated carbocycles. The number of rotatable bonds is 2. The number of hydrogen-bond donors (Lipinski definition) is 1. The van der Waals surface area contributed by atoms with E-state index >= 15 is 0 Å². The largest absolute Gasteiger partial charge is 0.273 e. The van der Waals surface area contributed by atoms with Crippen molar-refractivity contribution in [1.29, 1.82) is 0 Å². The van der Waals surface area contributed by atoms with E-state index in [9.17, 15) is 4.79 Å². The number of benzene rings is 1. The maximum atomic E-state index is 11.1. The SMILES string of the molecule is O=C1CCC(c2ccc(-c3ccccn3)cc2)=NN1. The lowest BCUT2D eigenvalue weighted by molar-refractivity contribution is -0.121. The molecule has 0 aliphatic carbocycles. The van der Waals surface area contributed by atoms with Gasteiger partial charge in [0.1, 0.15) is 0 Å². The van der Waals surface area contributed by atoms with Crippen LogP contribution in [0.5, 0.6) is 0 Å². The summed E-state index contributed by atoms with van der Waals surface area (Å²) in [6, 6.07) is 13.9. The molecule has 4 heteroatoms. The lowest BCUT2D eigenvalue weighted by Crippen LogP contribution is -2.25. The van der Waals surface area contributed by atoms with Crippen molar-refractivity contribution in [3.8, 4) is 11.3 Å². The topological polar surface area (TPSA) is 54.4 Å². The van der Waals surface area contributed by atoms with Crippen molar-refractivity contribution < 1.29 is 4.79 Å². The molecule has 94 valence electrons. The quantitative estimate of drug-likeness (QED) is 0.890. The molecule has 0 atom stereocenters. The second-order valence-corrected chi connectivity index (χ2v) is 4.39. The summed E-state index contributed by atoms with van der Waals surface area (Å²) in [5.41, 5.74) is 6.50. The predicted octanol–water partition coefficient (Wildman–Crippen LogP) is 2.36. The number of nitrogens with zero attached hydrogens (tertiary/aromatic N) is 2. The molecule has 1 aromatic heterocycles. The van der Waals surface area contributed by atoms with E-state index in [4.69, 9.17) is 0 Å². The third-order valence-corrected chi connectivity index (χ3v) is 3.08. The van der Waals surface area contributed by atoms with Gasteiger partial charge >= 0.3 is 0 Å². The van der Waals surface area contributed by atoms with Crippen LogP contribution in [0.3, 0.4) is 0 Å². The molecule has 1 amide bonds. The second-order valence-electron chi connectivity index (χ2n) is 4.39. The van der Waals surface area contributed by atoms with Gasteiger partial charge in [0.15, 0.2) is 0 Å². The van der Waals surface area contributed by atoms with Crippen molar-refractivity contribution in [1.82, 2.24) is 10.4 Å². The van der Waals surface area contributed by atoms with E-state index in [1.165, 1.54) is 0 Å². The normalized spacial score (nSPS) is 14.7. The molecule has 0 spiro atoms. The number of pyridine rings is 1. The van der Waals surface area contributed by atoms with Crippen LogP contribution in [0.25, 0.3) is 11.3 Å². The molecular formula is C15H13N3O. The van der Waals surface area contributed by atoms with E-state index in [1.54, 1.807) is 6.20 Å². The van der Waals surface area contributed by atoms with Crippen LogP contribution in [0.4, 0.5) is 0 Å². The van der Waals surface area contributed by atoms with Gasteiger partial charge in [-0.05, 0) is 17.7 Å². The van der Waals surface area contributed by atoms with Gasteiger partial charge < -0.3 is 0 Å². The number of carbonyl (C=O) groups excluding carboxylic acids is 1. The first-order valence-electron chi connectivity index (χ1n) is 6.20. The minimum Gasteiger partial charge on any atom is -0.273 e. The Morgan fingerprint density at radius 2 is 1.74 bits per heavy atom. The van der Waals surface area contributed by atoms with Gasteiger partial charge in [-0.25, -0.2) is 5.43 Å². The van der Waals surface area contributed by atoms with Gasteiger partial charge in [-0.3, -0.25) is 9.78 Å². The smallest absolute Gasteiger partial charge is 0.240 e. The summed E-state index contributed by atoms with van der Waals surface area (Å²) in [6.07, 6.45) is 2.97. The number of nitrogens with one attached hydrogen (secondary N) is 1. The molecule has 2 heterocycles. The van der Waals surface area contributed by atoms with Crippen LogP contribution in [-0.4, -0.2) is 16.6 Å². The molecule has 0 unspecified atom stereocenters. The molecule has 0 radical (unpaired) electrons. The van der Waals surface area contributed by atoms with Gasteiger partial charge in [0.05, 0.1) is 11.4 Å². The zero-order chi connectivity index (χ0) is 13.1. The highest BCUT2D eigenvalue weighted by Crippen LogP contribution is 2.18. The molecule has 19 heavy (non-hydrogen) atoms. The van der Waals surface area contributed by atoms with E-state index in [0.29, 0.717) is 12.8 Å². The number of aromatic nitrogens is 1. The summed E-state index contributed by atoms with van der Waals surface area (Å²) in [7, 11) is 0. The summed E-state index contributed by atoms with van der Waals surface area (Å²) < 4.78 is 0. The summed E-state index contributed by atoms with van der Waals surface area (Å²) >= 11 is 0. The molecule has 3 rings (SSSR count). The standard InChI is InChI=1S/C15H13N3O/c19-15-9-8-14(17-18-15)12-6-4-11(5-7-12)13-3-1-2-10-16-13/h1-7,10H,8-9H2,(H,18,19). The molecular weight excluding hydrogens is 238 g/mol. The highest BCUT2D eigenvalue weighted by atomic mass is 16.2. The fraction of sp³-hybridized carbons (Fsp3) is 0.133. The molecule has 2 aromatic rings. The Bertz CT molecular complexity index is 618. The molecule has 0 bridgehead atoms. The Morgan fingerprint density at radius 3 is 2.37 bits per heavy atom. The minimum absolute atomic E-state index is 0.0196. The molecule has 4 nitrogen and oxygen atoms in total. The molecule has 1 aliphatic heterocycles. The predicted molar refractivity (Wildman–Crippen MR) is 73.6 cm³/mol. The first kappa shape index (κ1) is 11.6. The zero-order valence-corrected chi connectivity index (χ0v) is 10.3. The fourth-order valence-electron chi connectivity index (χ4n) is 2.05. The van der Waals surface area contributed by atoms with Gasteiger partial charge in [-0.1, -0.05) is 30.3 Å². The Labute approximate surface area is 111 Å². The van der Waals surface area contributed by atoms with E-state index in [1.807, 2.05) is 42.5 Å². The van der Waals surface area contributed by atoms with Gasteiger partial charge in [-0.15, -0.1) is 0 Å². The molecule has 1 aliphatic rings. The van der Waals surface area contributed by atoms with Gasteiger partial charge in [0.2, 0.25) is 5.91 Å². The van der Waals surface area contributed by atoms with Crippen LogP contribution in [0.1, 0.15) is 18.4 Å². The van der Waals surface area contributed by atoms with Crippen LogP contribution in [0.15, 0.2) is 53.8 Å². The lowest BCUT2D eigenvalue weighted by atomic mass is 10.0. The highest BCUT2D eigenvalue weighted by Gasteiger charge is 2.13. The number of carbonyl (C=O) groups is 1. The second kappa shape index (κ2) is 5.02. The van der Waals surface area contributed by atoms with E-state index in [0.717, 1.165) is 22.5 Å². The number of hydrogen-bond acceptors (Lipinski definition) is 3. The van der Waals surface area contributed by atoms with Gasteiger partial charge in [-0.2, -0.15) is 5.10 Å². The Balaban J connectivity index is 1.85. The number of amides is 1. The third kappa shape index (κ3) is 2.52. The zero-order valence-electron chi connectivity index (χ0n) is 10.3. The summed E-state index contributed by atoms with van der Waals surface area (Å²) in [4.78, 5) is 15.4. The molecule has 1 aromatic carbocycles. The van der Waals surface area contributed by atoms with Crippen molar-refractivity contribution in [2.24, 2.45) is 5.10 Å². The van der Waals surface area contributed by atoms with E-state index in [2.05, 4.69) is 15.5 Å². The maximum absolute atomic E-state index is 11.1. The van der Waals surface area contributed by atoms with Crippen LogP contribution >= 0.6 is 0 Å². The monoisotopic (exact) mass is 251 g/mol. The van der Waals surface area contributed by atoms with Crippen molar-refractivity contribution in [2.45, 2.75) is 12.8 Å². The van der Waals surface area contributed by atoms with Crippen LogP contribution in [0.2, 0.25) is 0 Å². The molecule has 0 fully saturated rings. The fourth-order valence-corrected chi connectivity index (χ4v) is 2.05. The van der Waals surface area contributed by atoms with Crippen molar-refractivity contribution in [2.75, 3.05) is 0 Å². The molecule has 1 N–H and O–H groups in total. The summed E-state index contributed by atoms with van der Waals surface area (Å²) in [5, 5.41) is 4.08. The van der Waals surface area contributed by atoms with Crippen LogP contribution in [-0.2, 0) is 4.79 Å². The average Bonchev–Trinajstić information content (AvgIpc) is 2.49. The van der Waals surface area contributed by atoms with Gasteiger partial charge in [0, 0.05) is 24.6 Å². The van der Waals surface area contributed by atoms with Crippen molar-refractivity contribution in [3.05, 3.63) is 54.2 Å². The van der Waals surface area contributed by atoms with E-state index < -0.39 is 0 Å². The van der Waals surface area contributed by atoms with Crippen molar-refractivity contribution in [3.63, 3.8) is 0 Å². The first-order chi connectivity index (χ1) is 9.33. The van der Waals surface area contributed by atoms with E-state index in [-0.39, 0.29) is 5.91 Å². The maximum Gasteiger partial charge on any atom is 0.240 e. The van der Waals surface area contributed by atoms with Gasteiger partial charge in [0.25, 0.3) is 0 Å². The van der Waals surface area contributed by atoms with Crippen molar-refractivity contribution >= 4 is 11.6 Å².